The van der Waals surface area contributed by atoms with E-state index in [2.05, 4.69) is 10.6 Å². The van der Waals surface area contributed by atoms with E-state index in [1.54, 1.807) is 0 Å². The molecule has 0 aliphatic rings. The second kappa shape index (κ2) is 7.07. The number of amides is 3. The van der Waals surface area contributed by atoms with Gasteiger partial charge in [-0.25, -0.2) is 13.2 Å². The van der Waals surface area contributed by atoms with E-state index in [-0.39, 0.29) is 25.3 Å². The number of rotatable bonds is 7. The summed E-state index contributed by atoms with van der Waals surface area (Å²) >= 11 is 0. The molecule has 0 aliphatic carbocycles. The zero-order valence-corrected chi connectivity index (χ0v) is 10.4. The Morgan fingerprint density at radius 1 is 1.24 bits per heavy atom. The highest BCUT2D eigenvalue weighted by atomic mass is 32.2. The van der Waals surface area contributed by atoms with Gasteiger partial charge in [0.2, 0.25) is 5.91 Å². The number of urea groups is 1. The molecule has 0 aromatic carbocycles. The van der Waals surface area contributed by atoms with E-state index in [0.717, 1.165) is 6.26 Å². The van der Waals surface area contributed by atoms with Gasteiger partial charge in [0.15, 0.2) is 0 Å². The molecule has 6 N–H and O–H groups in total. The zero-order valence-electron chi connectivity index (χ0n) is 9.60. The Labute approximate surface area is 100 Å². The van der Waals surface area contributed by atoms with Crippen molar-refractivity contribution in [2.75, 3.05) is 25.1 Å². The Balaban J connectivity index is 3.79. The van der Waals surface area contributed by atoms with E-state index in [4.69, 9.17) is 11.5 Å². The average molecular weight is 266 g/mol. The van der Waals surface area contributed by atoms with Crippen LogP contribution in [-0.2, 0) is 14.6 Å². The van der Waals surface area contributed by atoms with Crippen LogP contribution in [0.25, 0.3) is 0 Å². The van der Waals surface area contributed by atoms with Crippen molar-refractivity contribution in [3.8, 4) is 0 Å². The van der Waals surface area contributed by atoms with Gasteiger partial charge in [-0.2, -0.15) is 0 Å². The fourth-order valence-corrected chi connectivity index (χ4v) is 1.66. The summed E-state index contributed by atoms with van der Waals surface area (Å²) in [5, 5.41) is 4.73. The van der Waals surface area contributed by atoms with E-state index >= 15 is 0 Å². The van der Waals surface area contributed by atoms with E-state index in [1.165, 1.54) is 0 Å². The number of carbonyl (C=O) groups excluding carboxylic acids is 2. The molecule has 0 aliphatic heterocycles. The molecule has 0 saturated carbocycles. The molecule has 0 bridgehead atoms. The molecule has 100 valence electrons. The molecular weight excluding hydrogens is 248 g/mol. The summed E-state index contributed by atoms with van der Waals surface area (Å²) in [5.74, 6) is -0.596. The number of hydrogen-bond acceptors (Lipinski definition) is 5. The number of hydrogen-bond donors (Lipinski definition) is 4. The van der Waals surface area contributed by atoms with Crippen molar-refractivity contribution < 1.29 is 18.0 Å². The molecule has 8 nitrogen and oxygen atoms in total. The maximum atomic E-state index is 11.3. The molecule has 3 amide bonds. The second-order valence-corrected chi connectivity index (χ2v) is 5.87. The van der Waals surface area contributed by atoms with Gasteiger partial charge in [-0.3, -0.25) is 4.79 Å². The van der Waals surface area contributed by atoms with Gasteiger partial charge in [0, 0.05) is 19.3 Å². The van der Waals surface area contributed by atoms with E-state index in [0.29, 0.717) is 0 Å². The van der Waals surface area contributed by atoms with Gasteiger partial charge in [0.1, 0.15) is 9.84 Å². The SMILES string of the molecule is CS(=O)(=O)CCC(N)C(=O)NCCNC(N)=O. The molecule has 9 heteroatoms. The van der Waals surface area contributed by atoms with E-state index in [9.17, 15) is 18.0 Å². The van der Waals surface area contributed by atoms with Crippen molar-refractivity contribution in [3.05, 3.63) is 0 Å². The lowest BCUT2D eigenvalue weighted by molar-refractivity contribution is -0.122. The average Bonchev–Trinajstić information content (AvgIpc) is 2.19. The van der Waals surface area contributed by atoms with Crippen LogP contribution in [0.2, 0.25) is 0 Å². The molecule has 0 heterocycles. The van der Waals surface area contributed by atoms with Crippen molar-refractivity contribution in [1.29, 1.82) is 0 Å². The molecule has 0 aromatic rings. The molecule has 17 heavy (non-hydrogen) atoms. The summed E-state index contributed by atoms with van der Waals surface area (Å²) in [4.78, 5) is 21.6. The van der Waals surface area contributed by atoms with Crippen molar-refractivity contribution in [2.45, 2.75) is 12.5 Å². The molecule has 1 unspecified atom stereocenters. The summed E-state index contributed by atoms with van der Waals surface area (Å²) in [6, 6.07) is -1.56. The van der Waals surface area contributed by atoms with Crippen LogP contribution in [0.5, 0.6) is 0 Å². The number of nitrogens with one attached hydrogen (secondary N) is 2. The van der Waals surface area contributed by atoms with Crippen LogP contribution in [0.1, 0.15) is 6.42 Å². The number of sulfone groups is 1. The summed E-state index contributed by atoms with van der Waals surface area (Å²) in [6.45, 7) is 0.383. The lowest BCUT2D eigenvalue weighted by Gasteiger charge is -2.11. The minimum absolute atomic E-state index is 0.0634. The summed E-state index contributed by atoms with van der Waals surface area (Å²) < 4.78 is 21.7. The molecular formula is C8H18N4O4S. The number of primary amides is 1. The first-order valence-corrected chi connectivity index (χ1v) is 7.03. The minimum atomic E-state index is -3.12. The van der Waals surface area contributed by atoms with Crippen LogP contribution in [0.3, 0.4) is 0 Å². The van der Waals surface area contributed by atoms with Crippen molar-refractivity contribution in [3.63, 3.8) is 0 Å². The summed E-state index contributed by atoms with van der Waals surface area (Å²) in [6.07, 6.45) is 1.14. The largest absolute Gasteiger partial charge is 0.353 e. The van der Waals surface area contributed by atoms with Crippen LogP contribution in [0.4, 0.5) is 4.79 Å². The zero-order chi connectivity index (χ0) is 13.5. The number of carbonyl (C=O) groups is 2. The fraction of sp³-hybridized carbons (Fsp3) is 0.750. The van der Waals surface area contributed by atoms with E-state index < -0.39 is 27.8 Å². The molecule has 0 saturated heterocycles. The molecule has 0 rings (SSSR count). The molecule has 0 spiro atoms. The van der Waals surface area contributed by atoms with Gasteiger partial charge in [0.05, 0.1) is 11.8 Å². The van der Waals surface area contributed by atoms with Crippen LogP contribution < -0.4 is 22.1 Å². The molecule has 1 atom stereocenters. The minimum Gasteiger partial charge on any atom is -0.353 e. The van der Waals surface area contributed by atoms with Gasteiger partial charge in [-0.1, -0.05) is 0 Å². The second-order valence-electron chi connectivity index (χ2n) is 3.61. The Kier molecular flexibility index (Phi) is 6.51. The van der Waals surface area contributed by atoms with Crippen LogP contribution in [-0.4, -0.2) is 51.5 Å². The van der Waals surface area contributed by atoms with Gasteiger partial charge in [-0.15, -0.1) is 0 Å². The first kappa shape index (κ1) is 15.7. The highest BCUT2D eigenvalue weighted by Crippen LogP contribution is 1.93. The topological polar surface area (TPSA) is 144 Å². The molecule has 0 fully saturated rings. The maximum absolute atomic E-state index is 11.3. The summed E-state index contributed by atoms with van der Waals surface area (Å²) in [5.41, 5.74) is 10.3. The molecule has 0 aromatic heterocycles. The monoisotopic (exact) mass is 266 g/mol. The number of nitrogens with two attached hydrogens (primary N) is 2. The highest BCUT2D eigenvalue weighted by molar-refractivity contribution is 7.90. The van der Waals surface area contributed by atoms with Gasteiger partial charge >= 0.3 is 6.03 Å². The van der Waals surface area contributed by atoms with Gasteiger partial charge < -0.3 is 22.1 Å². The highest BCUT2D eigenvalue weighted by Gasteiger charge is 2.15. The Morgan fingerprint density at radius 3 is 2.24 bits per heavy atom. The Morgan fingerprint density at radius 2 is 1.76 bits per heavy atom. The van der Waals surface area contributed by atoms with Crippen molar-refractivity contribution in [1.82, 2.24) is 10.6 Å². The third-order valence-corrected chi connectivity index (χ3v) is 2.84. The standard InChI is InChI=1S/C8H18N4O4S/c1-17(15,16)5-2-6(9)7(13)11-3-4-12-8(10)14/h6H,2-5,9H2,1H3,(H,11,13)(H3,10,12,14). The smallest absolute Gasteiger partial charge is 0.312 e. The van der Waals surface area contributed by atoms with E-state index in [1.807, 2.05) is 0 Å². The lowest BCUT2D eigenvalue weighted by atomic mass is 10.2. The van der Waals surface area contributed by atoms with Crippen LogP contribution in [0, 0.1) is 0 Å². The quantitative estimate of drug-likeness (QED) is 0.377. The normalized spacial score (nSPS) is 12.8. The van der Waals surface area contributed by atoms with Crippen molar-refractivity contribution in [2.24, 2.45) is 11.5 Å². The Bertz CT molecular complexity index is 368. The molecule has 0 radical (unpaired) electrons. The third-order valence-electron chi connectivity index (χ3n) is 1.86. The van der Waals surface area contributed by atoms with Crippen molar-refractivity contribution >= 4 is 21.8 Å². The lowest BCUT2D eigenvalue weighted by Crippen LogP contribution is -2.44. The first-order chi connectivity index (χ1) is 7.72. The maximum Gasteiger partial charge on any atom is 0.312 e. The van der Waals surface area contributed by atoms with Crippen LogP contribution in [0.15, 0.2) is 0 Å². The van der Waals surface area contributed by atoms with Gasteiger partial charge in [0.25, 0.3) is 0 Å². The van der Waals surface area contributed by atoms with Gasteiger partial charge in [-0.05, 0) is 6.42 Å². The Hall–Kier alpha value is -1.35. The predicted molar refractivity (Wildman–Crippen MR) is 62.9 cm³/mol. The third kappa shape index (κ3) is 9.57. The van der Waals surface area contributed by atoms with Crippen LogP contribution >= 0.6 is 0 Å². The first-order valence-electron chi connectivity index (χ1n) is 4.96. The summed E-state index contributed by atoms with van der Waals surface area (Å²) in [7, 11) is -3.12. The predicted octanol–water partition coefficient (Wildman–Crippen LogP) is -2.47. The fourth-order valence-electron chi connectivity index (χ4n) is 0.975.